The smallest absolute Gasteiger partial charge is 0.186 e. The van der Waals surface area contributed by atoms with Crippen molar-refractivity contribution in [2.24, 2.45) is 0 Å². The van der Waals surface area contributed by atoms with Crippen LogP contribution in [0.3, 0.4) is 0 Å². The lowest BCUT2D eigenvalue weighted by Crippen LogP contribution is -2.52. The van der Waals surface area contributed by atoms with Crippen molar-refractivity contribution in [3.8, 4) is 0 Å². The molecule has 4 heteroatoms. The van der Waals surface area contributed by atoms with Gasteiger partial charge in [0.25, 0.3) is 0 Å². The SMILES string of the molecule is CO[Si](C)(C)CCCN[Si](C)(C)C(C)(C)C. The first-order chi connectivity index (χ1) is 7.02. The highest BCUT2D eigenvalue weighted by atomic mass is 28.4. The Hall–Kier alpha value is 0.354. The van der Waals surface area contributed by atoms with Gasteiger partial charge in [-0.2, -0.15) is 0 Å². The first-order valence-electron chi connectivity index (χ1n) is 6.32. The van der Waals surface area contributed by atoms with Gasteiger partial charge in [0.15, 0.2) is 8.32 Å². The van der Waals surface area contributed by atoms with E-state index in [-0.39, 0.29) is 0 Å². The van der Waals surface area contributed by atoms with Gasteiger partial charge in [-0.15, -0.1) is 0 Å². The monoisotopic (exact) mass is 261 g/mol. The highest BCUT2D eigenvalue weighted by Crippen LogP contribution is 2.33. The Labute approximate surface area is 104 Å². The Morgan fingerprint density at radius 1 is 1.06 bits per heavy atom. The third-order valence-electron chi connectivity index (χ3n) is 3.95. The summed E-state index contributed by atoms with van der Waals surface area (Å²) < 4.78 is 5.56. The van der Waals surface area contributed by atoms with Crippen LogP contribution in [0.1, 0.15) is 27.2 Å². The maximum absolute atomic E-state index is 5.56. The summed E-state index contributed by atoms with van der Waals surface area (Å²) in [4.78, 5) is 3.80. The van der Waals surface area contributed by atoms with Gasteiger partial charge in [-0.05, 0) is 37.1 Å². The zero-order valence-electron chi connectivity index (χ0n) is 12.5. The van der Waals surface area contributed by atoms with E-state index in [4.69, 9.17) is 4.43 Å². The molecule has 16 heavy (non-hydrogen) atoms. The minimum absolute atomic E-state index is 0.432. The molecule has 0 rings (SSSR count). The summed E-state index contributed by atoms with van der Waals surface area (Å²) in [6.07, 6.45) is 1.25. The van der Waals surface area contributed by atoms with Crippen LogP contribution in [0.5, 0.6) is 0 Å². The molecule has 0 aromatic carbocycles. The van der Waals surface area contributed by atoms with Crippen molar-refractivity contribution >= 4 is 16.6 Å². The van der Waals surface area contributed by atoms with Gasteiger partial charge in [-0.25, -0.2) is 0 Å². The third-order valence-corrected chi connectivity index (χ3v) is 11.5. The molecule has 0 bridgehead atoms. The summed E-state index contributed by atoms with van der Waals surface area (Å²) in [7, 11) is -0.776. The lowest BCUT2D eigenvalue weighted by molar-refractivity contribution is 0.402. The topological polar surface area (TPSA) is 21.3 Å². The van der Waals surface area contributed by atoms with E-state index in [9.17, 15) is 0 Å². The van der Waals surface area contributed by atoms with Crippen LogP contribution in [0.2, 0.25) is 37.3 Å². The molecule has 0 fully saturated rings. The van der Waals surface area contributed by atoms with Crippen LogP contribution in [0.25, 0.3) is 0 Å². The Bertz CT molecular complexity index is 210. The third kappa shape index (κ3) is 5.61. The van der Waals surface area contributed by atoms with Crippen molar-refractivity contribution in [3.05, 3.63) is 0 Å². The fourth-order valence-electron chi connectivity index (χ4n) is 1.28. The van der Waals surface area contributed by atoms with Crippen LogP contribution < -0.4 is 4.98 Å². The Morgan fingerprint density at radius 2 is 1.56 bits per heavy atom. The predicted octanol–water partition coefficient (Wildman–Crippen LogP) is 3.82. The van der Waals surface area contributed by atoms with Crippen LogP contribution in [-0.2, 0) is 4.43 Å². The van der Waals surface area contributed by atoms with Crippen LogP contribution in [0.4, 0.5) is 0 Å². The van der Waals surface area contributed by atoms with E-state index in [0.29, 0.717) is 5.04 Å². The van der Waals surface area contributed by atoms with Gasteiger partial charge >= 0.3 is 0 Å². The summed E-state index contributed by atoms with van der Waals surface area (Å²) in [5.74, 6) is 0. The quantitative estimate of drug-likeness (QED) is 0.580. The summed E-state index contributed by atoms with van der Waals surface area (Å²) in [5, 5.41) is 0.432. The minimum atomic E-state index is -1.34. The Morgan fingerprint density at radius 3 is 1.94 bits per heavy atom. The Balaban J connectivity index is 3.92. The van der Waals surface area contributed by atoms with Gasteiger partial charge in [-0.3, -0.25) is 0 Å². The second-order valence-corrected chi connectivity index (χ2v) is 16.4. The van der Waals surface area contributed by atoms with Crippen LogP contribution >= 0.6 is 0 Å². The van der Waals surface area contributed by atoms with E-state index in [1.807, 2.05) is 7.11 Å². The second-order valence-electron chi connectivity index (χ2n) is 6.87. The lowest BCUT2D eigenvalue weighted by atomic mass is 10.2. The van der Waals surface area contributed by atoms with Crippen molar-refractivity contribution in [3.63, 3.8) is 0 Å². The van der Waals surface area contributed by atoms with E-state index in [1.54, 1.807) is 0 Å². The van der Waals surface area contributed by atoms with Gasteiger partial charge in [0.1, 0.15) is 8.24 Å². The van der Waals surface area contributed by atoms with Gasteiger partial charge in [-0.1, -0.05) is 33.9 Å². The highest BCUT2D eigenvalue weighted by molar-refractivity contribution is 6.77. The molecular weight excluding hydrogens is 230 g/mol. The second kappa shape index (κ2) is 5.80. The molecule has 0 heterocycles. The number of hydrogen-bond donors (Lipinski definition) is 1. The van der Waals surface area contributed by atoms with E-state index < -0.39 is 16.6 Å². The molecule has 0 aromatic heterocycles. The Kier molecular flexibility index (Phi) is 5.93. The minimum Gasteiger partial charge on any atom is -0.420 e. The lowest BCUT2D eigenvalue weighted by Gasteiger charge is -2.37. The molecule has 0 spiro atoms. The number of hydrogen-bond acceptors (Lipinski definition) is 2. The van der Waals surface area contributed by atoms with E-state index in [1.165, 1.54) is 12.5 Å². The molecule has 0 saturated heterocycles. The zero-order valence-corrected chi connectivity index (χ0v) is 14.5. The average molecular weight is 262 g/mol. The van der Waals surface area contributed by atoms with E-state index in [2.05, 4.69) is 51.9 Å². The summed E-state index contributed by atoms with van der Waals surface area (Å²) in [6, 6.07) is 1.26. The summed E-state index contributed by atoms with van der Waals surface area (Å²) in [6.45, 7) is 17.6. The molecule has 0 radical (unpaired) electrons. The molecule has 0 aliphatic rings. The van der Waals surface area contributed by atoms with Crippen LogP contribution in [-0.4, -0.2) is 30.2 Å². The molecule has 98 valence electrons. The average Bonchev–Trinajstić information content (AvgIpc) is 2.11. The molecular formula is C12H31NOSi2. The molecule has 0 aliphatic carbocycles. The van der Waals surface area contributed by atoms with Crippen LogP contribution in [0, 0.1) is 0 Å². The van der Waals surface area contributed by atoms with Crippen molar-refractivity contribution in [2.45, 2.75) is 64.5 Å². The number of rotatable bonds is 6. The normalized spacial score (nSPS) is 14.2. The summed E-state index contributed by atoms with van der Waals surface area (Å²) >= 11 is 0. The predicted molar refractivity (Wildman–Crippen MR) is 79.1 cm³/mol. The van der Waals surface area contributed by atoms with Crippen molar-refractivity contribution in [1.29, 1.82) is 0 Å². The molecule has 0 atom stereocenters. The maximum Gasteiger partial charge on any atom is 0.186 e. The van der Waals surface area contributed by atoms with Crippen molar-refractivity contribution in [1.82, 2.24) is 4.98 Å². The fourth-order valence-corrected chi connectivity index (χ4v) is 3.85. The molecule has 0 unspecified atom stereocenters. The van der Waals surface area contributed by atoms with Crippen molar-refractivity contribution in [2.75, 3.05) is 13.7 Å². The zero-order chi connectivity index (χ0) is 13.0. The largest absolute Gasteiger partial charge is 0.420 e. The van der Waals surface area contributed by atoms with Crippen molar-refractivity contribution < 1.29 is 4.43 Å². The van der Waals surface area contributed by atoms with Crippen LogP contribution in [0.15, 0.2) is 0 Å². The molecule has 1 N–H and O–H groups in total. The van der Waals surface area contributed by atoms with E-state index >= 15 is 0 Å². The summed E-state index contributed by atoms with van der Waals surface area (Å²) in [5.41, 5.74) is 0. The molecule has 0 aromatic rings. The van der Waals surface area contributed by atoms with Gasteiger partial charge in [0.05, 0.1) is 0 Å². The van der Waals surface area contributed by atoms with E-state index in [0.717, 1.165) is 6.54 Å². The van der Waals surface area contributed by atoms with Gasteiger partial charge in [0.2, 0.25) is 0 Å². The fraction of sp³-hybridized carbons (Fsp3) is 1.00. The maximum atomic E-state index is 5.56. The van der Waals surface area contributed by atoms with Gasteiger partial charge < -0.3 is 9.41 Å². The molecule has 0 aliphatic heterocycles. The standard InChI is InChI=1S/C12H31NOSi2/c1-12(2,3)16(7,8)13-10-9-11-15(5,6)14-4/h13H,9-11H2,1-8H3. The van der Waals surface area contributed by atoms with Gasteiger partial charge in [0, 0.05) is 7.11 Å². The molecule has 0 amide bonds. The first kappa shape index (κ1) is 16.4. The molecule has 2 nitrogen and oxygen atoms in total. The molecule has 0 saturated carbocycles. The first-order valence-corrected chi connectivity index (χ1v) is 12.4. The highest BCUT2D eigenvalue weighted by Gasteiger charge is 2.34. The number of nitrogens with one attached hydrogen (secondary N) is 1.